The number of hydrogen-bond acceptors (Lipinski definition) is 19. The molecule has 0 radical (unpaired) electrons. The molecule has 466 valence electrons. The van der Waals surface area contributed by atoms with Crippen LogP contribution in [-0.4, -0.2) is 169 Å². The second-order valence-electron chi connectivity index (χ2n) is 22.1. The molecule has 1 unspecified atom stereocenters. The second-order valence-corrected chi connectivity index (χ2v) is 26.8. The first-order valence-electron chi connectivity index (χ1n) is 28.8. The number of nitrogens with one attached hydrogen (secondary N) is 2. The molecule has 10 rings (SSSR count). The van der Waals surface area contributed by atoms with Crippen LogP contribution >= 0.6 is 21.6 Å². The van der Waals surface area contributed by atoms with Gasteiger partial charge in [-0.3, -0.25) is 43.3 Å². The van der Waals surface area contributed by atoms with Gasteiger partial charge in [-0.25, -0.2) is 0 Å². The van der Waals surface area contributed by atoms with Crippen molar-refractivity contribution < 1.29 is 70.1 Å². The molecule has 5 heterocycles. The molecule has 3 N–H and O–H groups in total. The zero-order valence-corrected chi connectivity index (χ0v) is 52.0. The molecule has 3 atom stereocenters. The van der Waals surface area contributed by atoms with Gasteiger partial charge in [0.2, 0.25) is 5.91 Å². The summed E-state index contributed by atoms with van der Waals surface area (Å²) in [5, 5.41) is 4.17. The largest absolute Gasteiger partial charge is 0.493 e. The van der Waals surface area contributed by atoms with Gasteiger partial charge in [0.15, 0.2) is 28.2 Å². The number of para-hydroxylation sites is 2. The van der Waals surface area contributed by atoms with Gasteiger partial charge in [0, 0.05) is 104 Å². The Morgan fingerprint density at radius 3 is 2.06 bits per heavy atom. The highest BCUT2D eigenvalue weighted by Crippen LogP contribution is 2.44. The van der Waals surface area contributed by atoms with E-state index >= 15 is 0 Å². The Morgan fingerprint density at radius 2 is 1.39 bits per heavy atom. The van der Waals surface area contributed by atoms with Crippen molar-refractivity contribution >= 4 is 95.9 Å². The number of nitrogens with zero attached hydrogens (tertiary/aromatic N) is 5. The lowest BCUT2D eigenvalue weighted by Crippen LogP contribution is -2.44. The highest BCUT2D eigenvalue weighted by Gasteiger charge is 2.39. The fraction of sp³-hybridized carbons (Fsp3) is 0.397. The molecule has 0 bridgehead atoms. The van der Waals surface area contributed by atoms with Crippen LogP contribution in [0.3, 0.4) is 0 Å². The maximum atomic E-state index is 14.3. The standard InChI is InChI=1S/C63H71N7O15S3/c1-63(2,87-86-25-16-57(88(76,77)78)60(73)64-17-18-68-58(71)14-15-59(68)72)39-67(19-20-82-23-24-83-22-21-79-3)44-27-40(37-84-55-33-49-47(31-53(55)80-4)61(74)69-45(35-65-49)29-42-10-6-8-12-51(42)69)26-41(28-44)38-85-56-34-50-48(32-54(56)81-5)62(75)70-46(36-66-50)30-43-11-7-9-13-52(43)70/h6-15,26-28,31-35,45-46,57,66H,16-25,29-30,36-39H2,1-5H3,(H,64,73)(H,76,77,78)/t45-,46-,57?/m0/s1. The minimum Gasteiger partial charge on any atom is -0.493 e. The van der Waals surface area contributed by atoms with Crippen LogP contribution < -0.4 is 44.3 Å². The molecule has 5 aliphatic heterocycles. The Morgan fingerprint density at radius 1 is 0.773 bits per heavy atom. The van der Waals surface area contributed by atoms with E-state index in [0.29, 0.717) is 105 Å². The van der Waals surface area contributed by atoms with Gasteiger partial charge in [-0.1, -0.05) is 58.0 Å². The Bertz CT molecular complexity index is 3600. The summed E-state index contributed by atoms with van der Waals surface area (Å²) in [7, 11) is 2.64. The zero-order valence-electron chi connectivity index (χ0n) is 49.6. The maximum Gasteiger partial charge on any atom is 0.276 e. The lowest BCUT2D eigenvalue weighted by atomic mass is 10.1. The first kappa shape index (κ1) is 63.4. The van der Waals surface area contributed by atoms with Crippen LogP contribution in [0.25, 0.3) is 0 Å². The van der Waals surface area contributed by atoms with Crippen LogP contribution in [0.15, 0.2) is 108 Å². The Labute approximate surface area is 519 Å². The van der Waals surface area contributed by atoms with E-state index in [2.05, 4.69) is 21.6 Å². The normalized spacial score (nSPS) is 16.9. The summed E-state index contributed by atoms with van der Waals surface area (Å²) in [4.78, 5) is 77.3. The van der Waals surface area contributed by atoms with Crippen molar-refractivity contribution in [3.63, 3.8) is 0 Å². The van der Waals surface area contributed by atoms with E-state index in [-0.39, 0.29) is 62.4 Å². The third-order valence-electron chi connectivity index (χ3n) is 15.5. The van der Waals surface area contributed by atoms with E-state index in [0.717, 1.165) is 62.8 Å². The Balaban J connectivity index is 0.908. The number of carbonyl (C=O) groups excluding carboxylic acids is 5. The third-order valence-corrected chi connectivity index (χ3v) is 20.0. The molecule has 5 aliphatic rings. The van der Waals surface area contributed by atoms with Crippen molar-refractivity contribution in [1.82, 2.24) is 10.2 Å². The molecule has 25 heteroatoms. The third kappa shape index (κ3) is 14.7. The molecular weight excluding hydrogens is 1190 g/mol. The van der Waals surface area contributed by atoms with Crippen LogP contribution in [-0.2, 0) is 64.8 Å². The average molecular weight is 1260 g/mol. The number of ether oxygens (including phenoxy) is 7. The molecule has 5 aromatic carbocycles. The Kier molecular flexibility index (Phi) is 20.3. The number of methoxy groups -OCH3 is 3. The first-order chi connectivity index (χ1) is 42.4. The summed E-state index contributed by atoms with van der Waals surface area (Å²) in [5.74, 6) is -0.725. The molecule has 0 fully saturated rings. The predicted molar refractivity (Wildman–Crippen MR) is 338 cm³/mol. The molecule has 0 spiro atoms. The molecule has 22 nitrogen and oxygen atoms in total. The van der Waals surface area contributed by atoms with Gasteiger partial charge in [0.05, 0.1) is 81.8 Å². The first-order valence-corrected chi connectivity index (χ1v) is 32.7. The second kappa shape index (κ2) is 28.2. The number of amides is 5. The van der Waals surface area contributed by atoms with Crippen molar-refractivity contribution in [2.24, 2.45) is 4.99 Å². The number of rotatable bonds is 30. The minimum absolute atomic E-state index is 0.0378. The summed E-state index contributed by atoms with van der Waals surface area (Å²) in [6, 6.07) is 28.4. The van der Waals surface area contributed by atoms with Crippen molar-refractivity contribution in [2.45, 2.75) is 68.4 Å². The maximum absolute atomic E-state index is 14.3. The van der Waals surface area contributed by atoms with Crippen LogP contribution in [0.4, 0.5) is 28.4 Å². The number of anilines is 4. The summed E-state index contributed by atoms with van der Waals surface area (Å²) >= 11 is 0. The molecule has 0 saturated carbocycles. The SMILES string of the molecule is COCCOCCOCCN(CC(C)(C)SSCCC(C(=O)NCCN1C(=O)C=CC1=O)S(=O)(=O)O)c1cc(COc2cc3c(cc2OC)C(=O)N2c4ccccc4C[C@H]2C=N3)cc(COc2cc3c(cc2OC)C(=O)N2c4ccccc4C[C@H]2CN3)c1. The summed E-state index contributed by atoms with van der Waals surface area (Å²) in [6.07, 6.45) is 5.16. The number of imide groups is 1. The van der Waals surface area contributed by atoms with E-state index in [4.69, 9.17) is 38.2 Å². The van der Waals surface area contributed by atoms with Gasteiger partial charge in [0.1, 0.15) is 13.2 Å². The van der Waals surface area contributed by atoms with Crippen molar-refractivity contribution in [2.75, 3.05) is 113 Å². The highest BCUT2D eigenvalue weighted by atomic mass is 33.1. The molecule has 0 aromatic heterocycles. The molecule has 88 heavy (non-hydrogen) atoms. The number of benzene rings is 5. The highest BCUT2D eigenvalue weighted by molar-refractivity contribution is 8.77. The summed E-state index contributed by atoms with van der Waals surface area (Å²) in [6.45, 7) is 6.99. The predicted octanol–water partition coefficient (Wildman–Crippen LogP) is 7.48. The van der Waals surface area contributed by atoms with Gasteiger partial charge in [-0.2, -0.15) is 8.42 Å². The molecule has 0 saturated heterocycles. The van der Waals surface area contributed by atoms with Crippen LogP contribution in [0, 0.1) is 0 Å². The minimum atomic E-state index is -4.83. The number of fused-ring (bicyclic) bond motifs is 8. The van der Waals surface area contributed by atoms with Crippen molar-refractivity contribution in [3.8, 4) is 23.0 Å². The van der Waals surface area contributed by atoms with E-state index in [9.17, 15) is 36.9 Å². The topological polar surface area (TPSA) is 254 Å². The number of aliphatic imine (C=N–C) groups is 1. The molecular formula is C63H71N7O15S3. The quantitative estimate of drug-likeness (QED) is 0.0174. The molecule has 5 aromatic rings. The molecule has 0 aliphatic carbocycles. The van der Waals surface area contributed by atoms with Crippen molar-refractivity contribution in [1.29, 1.82) is 0 Å². The van der Waals surface area contributed by atoms with E-state index in [1.165, 1.54) is 35.8 Å². The summed E-state index contributed by atoms with van der Waals surface area (Å²) in [5.41, 5.74) is 8.10. The lowest BCUT2D eigenvalue weighted by Gasteiger charge is -2.34. The average Bonchev–Trinajstić information content (AvgIpc) is 2.51. The fourth-order valence-electron chi connectivity index (χ4n) is 11.3. The van der Waals surface area contributed by atoms with Crippen molar-refractivity contribution in [3.05, 3.63) is 137 Å². The van der Waals surface area contributed by atoms with Crippen LogP contribution in [0.1, 0.15) is 63.2 Å². The fourth-order valence-corrected chi connectivity index (χ4v) is 14.8. The summed E-state index contributed by atoms with van der Waals surface area (Å²) < 4.78 is 76.7. The van der Waals surface area contributed by atoms with E-state index in [1.54, 1.807) is 42.5 Å². The molecule has 5 amide bonds. The van der Waals surface area contributed by atoms with Gasteiger partial charge >= 0.3 is 0 Å². The number of hydrogen-bond donors (Lipinski definition) is 3. The Hall–Kier alpha value is -7.65. The van der Waals surface area contributed by atoms with E-state index < -0.39 is 37.8 Å². The van der Waals surface area contributed by atoms with E-state index in [1.807, 2.05) is 79.4 Å². The van der Waals surface area contributed by atoms with Gasteiger partial charge in [-0.15, -0.1) is 0 Å². The number of carbonyl (C=O) groups is 5. The smallest absolute Gasteiger partial charge is 0.276 e. The van der Waals surface area contributed by atoms with Gasteiger partial charge in [0.25, 0.3) is 33.7 Å². The zero-order chi connectivity index (χ0) is 62.1. The van der Waals surface area contributed by atoms with Crippen LogP contribution in [0.2, 0.25) is 0 Å². The van der Waals surface area contributed by atoms with Crippen LogP contribution in [0.5, 0.6) is 23.0 Å². The van der Waals surface area contributed by atoms with Gasteiger partial charge < -0.3 is 53.6 Å². The monoisotopic (exact) mass is 1260 g/mol. The van der Waals surface area contributed by atoms with Gasteiger partial charge in [-0.05, 0) is 91.4 Å². The lowest BCUT2D eigenvalue weighted by molar-refractivity contribution is -0.137.